The first-order valence-corrected chi connectivity index (χ1v) is 5.25. The molecule has 12 heavy (non-hydrogen) atoms. The second-order valence-electron chi connectivity index (χ2n) is 4.77. The van der Waals surface area contributed by atoms with E-state index in [4.69, 9.17) is 0 Å². The van der Waals surface area contributed by atoms with Crippen molar-refractivity contribution in [3.05, 3.63) is 0 Å². The van der Waals surface area contributed by atoms with Crippen LogP contribution in [-0.2, 0) is 4.79 Å². The third-order valence-corrected chi connectivity index (χ3v) is 3.89. The van der Waals surface area contributed by atoms with Crippen LogP contribution < -0.4 is 0 Å². The Kier molecular flexibility index (Phi) is 1.97. The molecular formula is C11H18O. The molecule has 0 spiro atoms. The molecule has 2 fully saturated rings. The second kappa shape index (κ2) is 2.86. The second-order valence-corrected chi connectivity index (χ2v) is 4.77. The number of ketones is 1. The van der Waals surface area contributed by atoms with Gasteiger partial charge in [0, 0.05) is 12.3 Å². The summed E-state index contributed by atoms with van der Waals surface area (Å²) in [6.45, 7) is 2.33. The summed E-state index contributed by atoms with van der Waals surface area (Å²) in [5, 5.41) is 0. The highest BCUT2D eigenvalue weighted by Crippen LogP contribution is 2.49. The molecule has 68 valence electrons. The SMILES string of the molecule is C[C@]12CCCCC(=O)[C@@H]1CCC2. The van der Waals surface area contributed by atoms with E-state index in [0.717, 1.165) is 12.8 Å². The molecule has 2 rings (SSSR count). The zero-order valence-electron chi connectivity index (χ0n) is 7.94. The average molecular weight is 166 g/mol. The van der Waals surface area contributed by atoms with Crippen LogP contribution in [0.5, 0.6) is 0 Å². The van der Waals surface area contributed by atoms with Crippen LogP contribution in [0, 0.1) is 11.3 Å². The minimum absolute atomic E-state index is 0.396. The lowest BCUT2D eigenvalue weighted by molar-refractivity contribution is -0.125. The lowest BCUT2D eigenvalue weighted by atomic mass is 9.76. The predicted octanol–water partition coefficient (Wildman–Crippen LogP) is 2.94. The molecule has 0 aromatic heterocycles. The van der Waals surface area contributed by atoms with Gasteiger partial charge in [0.2, 0.25) is 0 Å². The van der Waals surface area contributed by atoms with E-state index < -0.39 is 0 Å². The fourth-order valence-electron chi connectivity index (χ4n) is 3.08. The molecule has 0 aromatic rings. The van der Waals surface area contributed by atoms with Gasteiger partial charge in [0.25, 0.3) is 0 Å². The largest absolute Gasteiger partial charge is 0.299 e. The lowest BCUT2D eigenvalue weighted by Gasteiger charge is -2.28. The summed E-state index contributed by atoms with van der Waals surface area (Å²) in [4.78, 5) is 11.7. The number of hydrogen-bond acceptors (Lipinski definition) is 1. The van der Waals surface area contributed by atoms with Gasteiger partial charge in [0.1, 0.15) is 5.78 Å². The van der Waals surface area contributed by atoms with Crippen molar-refractivity contribution in [3.63, 3.8) is 0 Å². The van der Waals surface area contributed by atoms with Gasteiger partial charge in [-0.25, -0.2) is 0 Å². The molecule has 0 heterocycles. The minimum Gasteiger partial charge on any atom is -0.299 e. The average Bonchev–Trinajstić information content (AvgIpc) is 2.36. The maximum atomic E-state index is 11.7. The van der Waals surface area contributed by atoms with Crippen molar-refractivity contribution >= 4 is 5.78 Å². The number of carbonyl (C=O) groups is 1. The third kappa shape index (κ3) is 1.19. The van der Waals surface area contributed by atoms with Gasteiger partial charge < -0.3 is 0 Å². The molecule has 2 saturated carbocycles. The van der Waals surface area contributed by atoms with E-state index in [1.807, 2.05) is 0 Å². The summed E-state index contributed by atoms with van der Waals surface area (Å²) in [7, 11) is 0. The van der Waals surface area contributed by atoms with Crippen LogP contribution in [0.15, 0.2) is 0 Å². The van der Waals surface area contributed by atoms with Gasteiger partial charge in [-0.2, -0.15) is 0 Å². The monoisotopic (exact) mass is 166 g/mol. The van der Waals surface area contributed by atoms with Crippen molar-refractivity contribution in [2.75, 3.05) is 0 Å². The molecule has 2 aliphatic rings. The Morgan fingerprint density at radius 1 is 1.25 bits per heavy atom. The van der Waals surface area contributed by atoms with E-state index in [0.29, 0.717) is 17.1 Å². The molecular weight excluding hydrogens is 148 g/mol. The Bertz CT molecular complexity index is 197. The maximum Gasteiger partial charge on any atom is 0.136 e. The van der Waals surface area contributed by atoms with E-state index >= 15 is 0 Å². The summed E-state index contributed by atoms with van der Waals surface area (Å²) >= 11 is 0. The van der Waals surface area contributed by atoms with E-state index in [9.17, 15) is 4.79 Å². The van der Waals surface area contributed by atoms with Crippen molar-refractivity contribution in [3.8, 4) is 0 Å². The number of Topliss-reactive ketones (excluding diaryl/α,β-unsaturated/α-hetero) is 1. The van der Waals surface area contributed by atoms with Crippen molar-refractivity contribution in [1.82, 2.24) is 0 Å². The van der Waals surface area contributed by atoms with Gasteiger partial charge in [-0.1, -0.05) is 19.8 Å². The maximum absolute atomic E-state index is 11.7. The zero-order valence-corrected chi connectivity index (χ0v) is 7.94. The molecule has 0 N–H and O–H groups in total. The van der Waals surface area contributed by atoms with Crippen LogP contribution in [0.25, 0.3) is 0 Å². The Balaban J connectivity index is 2.21. The molecule has 0 radical (unpaired) electrons. The Labute approximate surface area is 74.5 Å². The number of hydrogen-bond donors (Lipinski definition) is 0. The van der Waals surface area contributed by atoms with E-state index in [-0.39, 0.29) is 0 Å². The van der Waals surface area contributed by atoms with Crippen LogP contribution in [0.1, 0.15) is 51.9 Å². The highest BCUT2D eigenvalue weighted by Gasteiger charge is 2.43. The smallest absolute Gasteiger partial charge is 0.136 e. The molecule has 2 atom stereocenters. The van der Waals surface area contributed by atoms with Crippen LogP contribution >= 0.6 is 0 Å². The summed E-state index contributed by atoms with van der Waals surface area (Å²) in [6.07, 6.45) is 8.33. The van der Waals surface area contributed by atoms with Gasteiger partial charge in [-0.3, -0.25) is 4.79 Å². The summed E-state index contributed by atoms with van der Waals surface area (Å²) in [6, 6.07) is 0. The molecule has 0 aliphatic heterocycles. The summed E-state index contributed by atoms with van der Waals surface area (Å²) in [5.74, 6) is 0.993. The molecule has 0 amide bonds. The zero-order chi connectivity index (χ0) is 8.60. The first-order chi connectivity index (χ1) is 5.72. The Morgan fingerprint density at radius 3 is 2.83 bits per heavy atom. The van der Waals surface area contributed by atoms with Gasteiger partial charge >= 0.3 is 0 Å². The van der Waals surface area contributed by atoms with E-state index in [1.165, 1.54) is 32.1 Å². The number of rotatable bonds is 0. The number of fused-ring (bicyclic) bond motifs is 1. The van der Waals surface area contributed by atoms with Crippen LogP contribution in [-0.4, -0.2) is 5.78 Å². The quantitative estimate of drug-likeness (QED) is 0.540. The normalized spacial score (nSPS) is 42.4. The molecule has 1 nitrogen and oxygen atoms in total. The van der Waals surface area contributed by atoms with E-state index in [2.05, 4.69) is 6.92 Å². The fourth-order valence-corrected chi connectivity index (χ4v) is 3.08. The standard InChI is InChI=1S/C11H18O/c1-11-7-3-2-6-10(12)9(11)5-4-8-11/h9H,2-8H2,1H3/t9-,11+/m0/s1. The van der Waals surface area contributed by atoms with Crippen LogP contribution in [0.2, 0.25) is 0 Å². The molecule has 0 unspecified atom stereocenters. The first kappa shape index (κ1) is 8.28. The Morgan fingerprint density at radius 2 is 2.00 bits per heavy atom. The van der Waals surface area contributed by atoms with Crippen molar-refractivity contribution in [1.29, 1.82) is 0 Å². The highest BCUT2D eigenvalue weighted by molar-refractivity contribution is 5.82. The minimum atomic E-state index is 0.396. The number of carbonyl (C=O) groups excluding carboxylic acids is 1. The lowest BCUT2D eigenvalue weighted by Crippen LogP contribution is -2.26. The fraction of sp³-hybridized carbons (Fsp3) is 0.909. The van der Waals surface area contributed by atoms with Crippen molar-refractivity contribution in [2.24, 2.45) is 11.3 Å². The van der Waals surface area contributed by atoms with Gasteiger partial charge in [-0.15, -0.1) is 0 Å². The highest BCUT2D eigenvalue weighted by atomic mass is 16.1. The van der Waals surface area contributed by atoms with Gasteiger partial charge in [0.05, 0.1) is 0 Å². The van der Waals surface area contributed by atoms with E-state index in [1.54, 1.807) is 0 Å². The third-order valence-electron chi connectivity index (χ3n) is 3.89. The summed E-state index contributed by atoms with van der Waals surface area (Å²) < 4.78 is 0. The molecule has 0 saturated heterocycles. The molecule has 1 heteroatoms. The topological polar surface area (TPSA) is 17.1 Å². The molecule has 0 aromatic carbocycles. The van der Waals surface area contributed by atoms with Crippen LogP contribution in [0.4, 0.5) is 0 Å². The molecule has 2 aliphatic carbocycles. The van der Waals surface area contributed by atoms with Gasteiger partial charge in [0.15, 0.2) is 0 Å². The molecule has 0 bridgehead atoms. The summed E-state index contributed by atoms with van der Waals surface area (Å²) in [5.41, 5.74) is 0.396. The van der Waals surface area contributed by atoms with Crippen molar-refractivity contribution < 1.29 is 4.79 Å². The first-order valence-electron chi connectivity index (χ1n) is 5.25. The van der Waals surface area contributed by atoms with Gasteiger partial charge in [-0.05, 0) is 31.1 Å². The van der Waals surface area contributed by atoms with Crippen LogP contribution in [0.3, 0.4) is 0 Å². The Hall–Kier alpha value is -0.330. The predicted molar refractivity (Wildman–Crippen MR) is 48.9 cm³/mol. The van der Waals surface area contributed by atoms with Crippen molar-refractivity contribution in [2.45, 2.75) is 51.9 Å².